The molecule has 0 radical (unpaired) electrons. The van der Waals surface area contributed by atoms with Crippen LogP contribution < -0.4 is 177 Å². The van der Waals surface area contributed by atoms with E-state index in [1.165, 1.54) is 227 Å². The third kappa shape index (κ3) is 50.7. The van der Waals surface area contributed by atoms with E-state index in [9.17, 15) is 0 Å². The molecule has 3 rings (SSSR count). The van der Waals surface area contributed by atoms with Crippen LogP contribution in [-0.2, 0) is 0 Å². The molecule has 0 saturated heterocycles. The Hall–Kier alpha value is 2.50. The van der Waals surface area contributed by atoms with Crippen LogP contribution in [0.25, 0.3) is 0 Å². The van der Waals surface area contributed by atoms with E-state index in [1.54, 1.807) is 0 Å². The summed E-state index contributed by atoms with van der Waals surface area (Å²) < 4.78 is 0. The fraction of sp³-hybridized carbons (Fsp3) is 1.00. The number of hydrogen-bond donors (Lipinski definition) is 10. The predicted octanol–water partition coefficient (Wildman–Crippen LogP) is -36.7. The average Bonchev–Trinajstić information content (AvgIpc) is 4.10. The van der Waals surface area contributed by atoms with Gasteiger partial charge in [0.15, 0.2) is 0 Å². The minimum Gasteiger partial charge on any atom is -1.00 e. The number of halogens is 10. The summed E-state index contributed by atoms with van der Waals surface area (Å²) in [6.07, 6.45) is 21.3. The van der Waals surface area contributed by atoms with Crippen molar-refractivity contribution in [1.82, 2.24) is 0 Å². The van der Waals surface area contributed by atoms with Crippen LogP contribution in [0.15, 0.2) is 0 Å². The van der Waals surface area contributed by atoms with Crippen LogP contribution in [0.4, 0.5) is 0 Å². The Kier molecular flexibility index (Phi) is 79.3. The second-order valence-electron chi connectivity index (χ2n) is 18.1. The minimum atomic E-state index is 0. The van der Waals surface area contributed by atoms with Crippen molar-refractivity contribution in [2.45, 2.75) is 110 Å². The first-order valence-corrected chi connectivity index (χ1v) is 24.5. The molecule has 3 fully saturated rings. The van der Waals surface area contributed by atoms with E-state index in [0.717, 1.165) is 35.5 Å². The Morgan fingerprint density at radius 2 is 0.365 bits per heavy atom. The summed E-state index contributed by atoms with van der Waals surface area (Å²) in [6, 6.07) is 0. The first kappa shape index (κ1) is 82.4. The highest BCUT2D eigenvalue weighted by Gasteiger charge is 2.40. The molecular weight excluding hydrogens is 1010 g/mol. The van der Waals surface area contributed by atoms with Gasteiger partial charge in [0.2, 0.25) is 0 Å². The van der Waals surface area contributed by atoms with Gasteiger partial charge in [-0.15, -0.1) is 0 Å². The van der Waals surface area contributed by atoms with E-state index in [-0.39, 0.29) is 124 Å². The Balaban J connectivity index is -0.000000504. The van der Waals surface area contributed by atoms with Gasteiger partial charge in [-0.05, 0) is 33.1 Å². The van der Waals surface area contributed by atoms with Crippen LogP contribution in [-0.4, -0.2) is 131 Å². The number of nitrogens with two attached hydrogens (primary N) is 10. The number of hydrogen-bond acceptors (Lipinski definition) is 0. The topological polar surface area (TPSA) is 166 Å². The van der Waals surface area contributed by atoms with Crippen molar-refractivity contribution in [1.29, 1.82) is 0 Å². The highest BCUT2D eigenvalue weighted by atomic mass is 35.5. The second-order valence-corrected chi connectivity index (χ2v) is 18.1. The average molecular weight is 1110 g/mol. The molecule has 20 heteroatoms. The summed E-state index contributed by atoms with van der Waals surface area (Å²) in [4.78, 5) is 0. The lowest BCUT2D eigenvalue weighted by Crippen LogP contribution is -3.00. The molecule has 3 saturated carbocycles. The van der Waals surface area contributed by atoms with Gasteiger partial charge in [-0.1, -0.05) is 0 Å². The molecule has 0 aromatic rings. The number of rotatable bonds is 44. The number of unbranched alkanes of at least 4 members (excludes halogenated alkanes) is 6. The molecule has 3 aliphatic rings. The van der Waals surface area contributed by atoms with Crippen molar-refractivity contribution >= 4 is 0 Å². The smallest absolute Gasteiger partial charge is 0.0789 e. The molecule has 0 bridgehead atoms. The maximum absolute atomic E-state index is 2.63. The third-order valence-corrected chi connectivity index (χ3v) is 13.0. The summed E-state index contributed by atoms with van der Waals surface area (Å²) in [5.41, 5.74) is 0. The van der Waals surface area contributed by atoms with Gasteiger partial charge >= 0.3 is 0 Å². The van der Waals surface area contributed by atoms with E-state index >= 15 is 0 Å². The first-order valence-electron chi connectivity index (χ1n) is 24.5. The monoisotopic (exact) mass is 1110 g/mol. The normalized spacial score (nSPS) is 19.5. The number of quaternary nitrogens is 10. The molecule has 0 unspecified atom stereocenters. The zero-order valence-electron chi connectivity index (χ0n) is 39.8. The molecule has 394 valence electrons. The van der Waals surface area contributed by atoms with Crippen LogP contribution in [0.1, 0.15) is 110 Å². The van der Waals surface area contributed by atoms with Gasteiger partial charge in [-0.25, -0.2) is 0 Å². The van der Waals surface area contributed by atoms with Gasteiger partial charge in [-0.2, -0.15) is 0 Å². The molecule has 0 spiro atoms. The van der Waals surface area contributed by atoms with Gasteiger partial charge < -0.3 is 177 Å². The molecule has 0 aromatic heterocycles. The maximum Gasteiger partial charge on any atom is 0.0789 e. The van der Waals surface area contributed by atoms with Crippen molar-refractivity contribution in [3.8, 4) is 0 Å². The SMILES string of the molecule is CC[NH2+]CCCC[NH2+]C[C@@H]1C[C@H]1C[NH2+]CCCC[NH2+]CCCC[NH2+]C[C@@H]1C[C@H]1C[NH2+]CCCC[NH2+]CCCC[NH2+]C[C@@H]1C[C@H]1C[NH2+]CCCC[NH2+]CC.[Cl-].[Cl-].[Cl-].[Cl-].[Cl-].[Cl-].[Cl-].[Cl-].[Cl-].[Cl-]. The molecule has 0 amide bonds. The standard InChI is InChI=1S/C43H92N10.10ClH/c1-3-44-17-5-11-23-48-32-38-29-40(38)34-50-25-13-7-19-46-21-9-15-27-52-36-42-31-43(42)37-53-28-16-10-22-47-20-8-14-26-51-35-41-30-39(41)33-49-24-12-6-18-45-4-2;;;;;;;;;;/h38-53H,3-37H2,1-2H3;10*1H/t38-,39-,40-,41-,42-,43-;;;;;;;;;;/m0........../s1. The van der Waals surface area contributed by atoms with Crippen molar-refractivity contribution in [3.05, 3.63) is 0 Å². The lowest BCUT2D eigenvalue weighted by molar-refractivity contribution is -0.674. The van der Waals surface area contributed by atoms with Crippen molar-refractivity contribution in [3.63, 3.8) is 0 Å². The largest absolute Gasteiger partial charge is 1.00 e. The zero-order chi connectivity index (χ0) is 37.3. The summed E-state index contributed by atoms with van der Waals surface area (Å²) in [7, 11) is 0. The van der Waals surface area contributed by atoms with Crippen LogP contribution >= 0.6 is 0 Å². The third-order valence-electron chi connectivity index (χ3n) is 13.0. The molecule has 63 heavy (non-hydrogen) atoms. The molecule has 20 N–H and O–H groups in total. The zero-order valence-corrected chi connectivity index (χ0v) is 47.3. The minimum absolute atomic E-state index is 0. The lowest BCUT2D eigenvalue weighted by Gasteiger charge is -2.04. The Morgan fingerprint density at radius 3 is 0.524 bits per heavy atom. The van der Waals surface area contributed by atoms with Crippen molar-refractivity contribution in [2.75, 3.05) is 131 Å². The predicted molar refractivity (Wildman–Crippen MR) is 218 cm³/mol. The van der Waals surface area contributed by atoms with Crippen LogP contribution in [0.3, 0.4) is 0 Å². The summed E-state index contributed by atoms with van der Waals surface area (Å²) in [5, 5.41) is 25.7. The molecule has 0 heterocycles. The highest BCUT2D eigenvalue weighted by molar-refractivity contribution is 4.85. The van der Waals surface area contributed by atoms with Crippen LogP contribution in [0, 0.1) is 35.5 Å². The molecule has 10 nitrogen and oxygen atoms in total. The van der Waals surface area contributed by atoms with Crippen molar-refractivity contribution in [2.24, 2.45) is 35.5 Å². The summed E-state index contributed by atoms with van der Waals surface area (Å²) >= 11 is 0. The fourth-order valence-electron chi connectivity index (χ4n) is 8.82. The quantitative estimate of drug-likeness (QED) is 0.0263. The van der Waals surface area contributed by atoms with Gasteiger partial charge in [0.1, 0.15) is 0 Å². The van der Waals surface area contributed by atoms with E-state index in [1.807, 2.05) is 0 Å². The van der Waals surface area contributed by atoms with Gasteiger partial charge in [0.25, 0.3) is 0 Å². The van der Waals surface area contributed by atoms with Crippen LogP contribution in [0.2, 0.25) is 0 Å². The first-order chi connectivity index (χ1) is 26.3. The second kappa shape index (κ2) is 60.6. The van der Waals surface area contributed by atoms with E-state index in [2.05, 4.69) is 67.0 Å². The van der Waals surface area contributed by atoms with Gasteiger partial charge in [0.05, 0.1) is 131 Å². The molecular formula is C43H102Cl10N10. The Labute approximate surface area is 450 Å². The molecule has 0 aromatic carbocycles. The maximum atomic E-state index is 2.63. The van der Waals surface area contributed by atoms with Gasteiger partial charge in [0, 0.05) is 113 Å². The Bertz CT molecular complexity index is 768. The van der Waals surface area contributed by atoms with Crippen molar-refractivity contribution < 1.29 is 177 Å². The van der Waals surface area contributed by atoms with E-state index in [4.69, 9.17) is 0 Å². The molecule has 0 aliphatic heterocycles. The lowest BCUT2D eigenvalue weighted by atomic mass is 10.2. The molecule has 6 atom stereocenters. The highest BCUT2D eigenvalue weighted by Crippen LogP contribution is 2.36. The summed E-state index contributed by atoms with van der Waals surface area (Å²) in [5.74, 6) is 6.15. The molecule has 3 aliphatic carbocycles. The van der Waals surface area contributed by atoms with Gasteiger partial charge in [-0.3, -0.25) is 0 Å². The van der Waals surface area contributed by atoms with E-state index in [0.29, 0.717) is 0 Å². The fourth-order valence-corrected chi connectivity index (χ4v) is 8.82. The van der Waals surface area contributed by atoms with Crippen LogP contribution in [0.5, 0.6) is 0 Å². The van der Waals surface area contributed by atoms with E-state index < -0.39 is 0 Å². The summed E-state index contributed by atoms with van der Waals surface area (Å²) in [6.45, 7) is 31.4. The Morgan fingerprint density at radius 1 is 0.222 bits per heavy atom.